The molecule has 0 aromatic heterocycles. The number of nitro benzene ring substituents is 1. The van der Waals surface area contributed by atoms with Crippen molar-refractivity contribution in [3.63, 3.8) is 0 Å². The molecule has 10 heteroatoms. The number of carbonyl (C=O) groups is 2. The van der Waals surface area contributed by atoms with Crippen LogP contribution in [0.2, 0.25) is 0 Å². The van der Waals surface area contributed by atoms with Crippen molar-refractivity contribution in [2.75, 3.05) is 7.11 Å². The van der Waals surface area contributed by atoms with Crippen LogP contribution in [-0.4, -0.2) is 34.7 Å². The lowest BCUT2D eigenvalue weighted by Gasteiger charge is -2.10. The third-order valence-electron chi connectivity index (χ3n) is 5.18. The molecular formula is C26H24N4O6. The molecule has 2 amide bonds. The fourth-order valence-electron chi connectivity index (χ4n) is 3.19. The Morgan fingerprint density at radius 1 is 1.06 bits per heavy atom. The largest absolute Gasteiger partial charge is 0.508 e. The van der Waals surface area contributed by atoms with Crippen LogP contribution < -0.4 is 15.5 Å². The third-order valence-corrected chi connectivity index (χ3v) is 5.18. The molecule has 36 heavy (non-hydrogen) atoms. The minimum Gasteiger partial charge on any atom is -0.508 e. The summed E-state index contributed by atoms with van der Waals surface area (Å²) in [4.78, 5) is 36.5. The second kappa shape index (κ2) is 11.4. The number of phenolic OH excluding ortho intramolecular Hbond substituents is 1. The normalized spacial score (nSPS) is 11.5. The summed E-state index contributed by atoms with van der Waals surface area (Å²) in [5.74, 6) is -1.10. The Labute approximate surface area is 207 Å². The molecule has 0 spiro atoms. The fraction of sp³-hybridized carbons (Fsp3) is 0.115. The van der Waals surface area contributed by atoms with E-state index < -0.39 is 16.7 Å². The number of aryl methyl sites for hydroxylation is 1. The second-order valence-corrected chi connectivity index (χ2v) is 7.71. The lowest BCUT2D eigenvalue weighted by Crippen LogP contribution is -2.33. The van der Waals surface area contributed by atoms with Gasteiger partial charge in [-0.15, -0.1) is 0 Å². The number of aromatic hydroxyl groups is 1. The van der Waals surface area contributed by atoms with Gasteiger partial charge in [-0.3, -0.25) is 19.7 Å². The van der Waals surface area contributed by atoms with E-state index in [1.54, 1.807) is 56.3 Å². The van der Waals surface area contributed by atoms with Crippen LogP contribution in [0, 0.1) is 17.0 Å². The molecule has 0 atom stereocenters. The quantitative estimate of drug-likeness (QED) is 0.190. The van der Waals surface area contributed by atoms with Crippen molar-refractivity contribution < 1.29 is 24.4 Å². The van der Waals surface area contributed by atoms with E-state index in [1.807, 2.05) is 0 Å². The first kappa shape index (κ1) is 25.6. The van der Waals surface area contributed by atoms with Crippen molar-refractivity contribution in [3.05, 3.63) is 105 Å². The summed E-state index contributed by atoms with van der Waals surface area (Å²) < 4.78 is 5.01. The zero-order chi connectivity index (χ0) is 26.2. The number of hydrazone groups is 1. The second-order valence-electron chi connectivity index (χ2n) is 7.71. The van der Waals surface area contributed by atoms with E-state index in [1.165, 1.54) is 37.5 Å². The van der Waals surface area contributed by atoms with Crippen molar-refractivity contribution in [2.45, 2.75) is 13.8 Å². The number of benzene rings is 3. The van der Waals surface area contributed by atoms with E-state index in [0.717, 1.165) is 0 Å². The summed E-state index contributed by atoms with van der Waals surface area (Å²) in [6.07, 6.45) is 1.30. The maximum atomic E-state index is 13.0. The van der Waals surface area contributed by atoms with Gasteiger partial charge in [-0.25, -0.2) is 5.43 Å². The van der Waals surface area contributed by atoms with Gasteiger partial charge in [0.2, 0.25) is 0 Å². The van der Waals surface area contributed by atoms with Gasteiger partial charge in [0.25, 0.3) is 11.8 Å². The van der Waals surface area contributed by atoms with Crippen LogP contribution in [0.25, 0.3) is 6.08 Å². The van der Waals surface area contributed by atoms with Crippen molar-refractivity contribution in [1.82, 2.24) is 10.7 Å². The van der Waals surface area contributed by atoms with E-state index in [4.69, 9.17) is 4.74 Å². The fourth-order valence-corrected chi connectivity index (χ4v) is 3.19. The van der Waals surface area contributed by atoms with Gasteiger partial charge < -0.3 is 15.2 Å². The predicted molar refractivity (Wildman–Crippen MR) is 135 cm³/mol. The molecule has 10 nitrogen and oxygen atoms in total. The molecule has 0 saturated heterocycles. The van der Waals surface area contributed by atoms with Gasteiger partial charge in [0.1, 0.15) is 11.4 Å². The molecule has 0 aliphatic carbocycles. The summed E-state index contributed by atoms with van der Waals surface area (Å²) in [6, 6.07) is 17.3. The summed E-state index contributed by atoms with van der Waals surface area (Å²) in [5, 5.41) is 27.8. The number of amides is 2. The van der Waals surface area contributed by atoms with Crippen LogP contribution in [0.15, 0.2) is 77.5 Å². The predicted octanol–water partition coefficient (Wildman–Crippen LogP) is 3.93. The number of nitrogens with zero attached hydrogens (tertiary/aromatic N) is 2. The number of hydrogen-bond acceptors (Lipinski definition) is 7. The van der Waals surface area contributed by atoms with E-state index in [0.29, 0.717) is 22.4 Å². The molecule has 184 valence electrons. The monoisotopic (exact) mass is 488 g/mol. The standard InChI is InChI=1S/C26H24N4O6/c1-16-13-20(10-11-23(16)31)17(2)28-29-26(33)21(27-25(32)19-7-5-4-6-8-19)14-18-9-12-24(36-3)22(15-18)30(34)35/h4-15,31H,1-3H3,(H,27,32)(H,29,33)/b21-14?,28-17+. The van der Waals surface area contributed by atoms with Crippen molar-refractivity contribution in [3.8, 4) is 11.5 Å². The lowest BCUT2D eigenvalue weighted by molar-refractivity contribution is -0.385. The van der Waals surface area contributed by atoms with Crippen LogP contribution >= 0.6 is 0 Å². The molecule has 3 N–H and O–H groups in total. The van der Waals surface area contributed by atoms with Gasteiger partial charge in [0.05, 0.1) is 17.7 Å². The number of nitro groups is 1. The van der Waals surface area contributed by atoms with E-state index >= 15 is 0 Å². The molecule has 0 radical (unpaired) electrons. The Hall–Kier alpha value is -4.99. The van der Waals surface area contributed by atoms with E-state index in [-0.39, 0.29) is 28.4 Å². The first-order valence-corrected chi connectivity index (χ1v) is 10.7. The lowest BCUT2D eigenvalue weighted by atomic mass is 10.1. The molecule has 0 fully saturated rings. The molecule has 0 saturated carbocycles. The Morgan fingerprint density at radius 2 is 1.78 bits per heavy atom. The number of nitrogens with one attached hydrogen (secondary N) is 2. The highest BCUT2D eigenvalue weighted by Crippen LogP contribution is 2.28. The average molecular weight is 489 g/mol. The maximum Gasteiger partial charge on any atom is 0.311 e. The molecule has 0 heterocycles. The first-order chi connectivity index (χ1) is 17.2. The Balaban J connectivity index is 1.94. The Morgan fingerprint density at radius 3 is 2.42 bits per heavy atom. The van der Waals surface area contributed by atoms with Crippen molar-refractivity contribution in [2.24, 2.45) is 5.10 Å². The Kier molecular flexibility index (Phi) is 8.14. The molecular weight excluding hydrogens is 464 g/mol. The van der Waals surface area contributed by atoms with Crippen LogP contribution in [-0.2, 0) is 4.79 Å². The number of rotatable bonds is 8. The molecule has 0 unspecified atom stereocenters. The highest BCUT2D eigenvalue weighted by Gasteiger charge is 2.18. The Bertz CT molecular complexity index is 1370. The zero-order valence-corrected chi connectivity index (χ0v) is 19.8. The molecule has 0 aliphatic heterocycles. The van der Waals surface area contributed by atoms with E-state index in [9.17, 15) is 24.8 Å². The molecule has 0 bridgehead atoms. The van der Waals surface area contributed by atoms with Gasteiger partial charge in [0, 0.05) is 11.6 Å². The van der Waals surface area contributed by atoms with Gasteiger partial charge in [-0.1, -0.05) is 24.3 Å². The molecule has 0 aliphatic rings. The third kappa shape index (κ3) is 6.32. The average Bonchev–Trinajstić information content (AvgIpc) is 2.88. The number of ether oxygens (including phenoxy) is 1. The first-order valence-electron chi connectivity index (χ1n) is 10.7. The highest BCUT2D eigenvalue weighted by atomic mass is 16.6. The van der Waals surface area contributed by atoms with Crippen LogP contribution in [0.3, 0.4) is 0 Å². The van der Waals surface area contributed by atoms with Gasteiger partial charge in [-0.2, -0.15) is 5.10 Å². The minimum atomic E-state index is -0.743. The maximum absolute atomic E-state index is 13.0. The summed E-state index contributed by atoms with van der Waals surface area (Å²) in [5.41, 5.74) is 4.31. The van der Waals surface area contributed by atoms with Gasteiger partial charge in [-0.05, 0) is 73.0 Å². The van der Waals surface area contributed by atoms with Crippen molar-refractivity contribution in [1.29, 1.82) is 0 Å². The number of hydrogen-bond donors (Lipinski definition) is 3. The zero-order valence-electron chi connectivity index (χ0n) is 19.8. The number of carbonyl (C=O) groups excluding carboxylic acids is 2. The minimum absolute atomic E-state index is 0.0564. The SMILES string of the molecule is COc1ccc(C=C(NC(=O)c2ccccc2)C(=O)N/N=C(\C)c2ccc(O)c(C)c2)cc1[N+](=O)[O-]. The smallest absolute Gasteiger partial charge is 0.311 e. The highest BCUT2D eigenvalue weighted by molar-refractivity contribution is 6.06. The summed E-state index contributed by atoms with van der Waals surface area (Å²) in [7, 11) is 1.31. The summed E-state index contributed by atoms with van der Waals surface area (Å²) in [6.45, 7) is 3.41. The topological polar surface area (TPSA) is 143 Å². The van der Waals surface area contributed by atoms with Gasteiger partial charge >= 0.3 is 5.69 Å². The van der Waals surface area contributed by atoms with Crippen LogP contribution in [0.4, 0.5) is 5.69 Å². The van der Waals surface area contributed by atoms with Crippen LogP contribution in [0.5, 0.6) is 11.5 Å². The number of phenols is 1. The number of methoxy groups -OCH3 is 1. The molecule has 3 rings (SSSR count). The van der Waals surface area contributed by atoms with Gasteiger partial charge in [0.15, 0.2) is 5.75 Å². The van der Waals surface area contributed by atoms with E-state index in [2.05, 4.69) is 15.8 Å². The molecule has 3 aromatic carbocycles. The van der Waals surface area contributed by atoms with Crippen molar-refractivity contribution >= 4 is 29.3 Å². The van der Waals surface area contributed by atoms with Crippen LogP contribution in [0.1, 0.15) is 34.0 Å². The summed E-state index contributed by atoms with van der Waals surface area (Å²) >= 11 is 0. The molecule has 3 aromatic rings.